The van der Waals surface area contributed by atoms with E-state index < -0.39 is 11.8 Å². The van der Waals surface area contributed by atoms with E-state index in [1.165, 1.54) is 12.3 Å². The van der Waals surface area contributed by atoms with Crippen molar-refractivity contribution < 1.29 is 19.1 Å². The fourth-order valence-electron chi connectivity index (χ4n) is 3.80. The number of ether oxygens (including phenoxy) is 1. The van der Waals surface area contributed by atoms with Crippen molar-refractivity contribution in [2.24, 2.45) is 10.7 Å². The van der Waals surface area contributed by atoms with E-state index in [0.717, 1.165) is 17.7 Å². The molecule has 0 aliphatic heterocycles. The average Bonchev–Trinajstić information content (AvgIpc) is 2.94. The predicted octanol–water partition coefficient (Wildman–Crippen LogP) is 5.71. The molecule has 3 rings (SSSR count). The van der Waals surface area contributed by atoms with Crippen molar-refractivity contribution in [3.8, 4) is 5.75 Å². The van der Waals surface area contributed by atoms with Crippen LogP contribution in [0.5, 0.6) is 5.75 Å². The summed E-state index contributed by atoms with van der Waals surface area (Å²) in [5.74, 6) is -0.806. The molecular weight excluding hydrogens is 518 g/mol. The zero-order valence-electron chi connectivity index (χ0n) is 24.4. The van der Waals surface area contributed by atoms with Gasteiger partial charge in [0.1, 0.15) is 12.4 Å². The van der Waals surface area contributed by atoms with Crippen LogP contribution in [0.3, 0.4) is 0 Å². The Bertz CT molecular complexity index is 1480. The Morgan fingerprint density at radius 1 is 0.976 bits per heavy atom. The van der Waals surface area contributed by atoms with Gasteiger partial charge in [0.25, 0.3) is 11.8 Å². The van der Waals surface area contributed by atoms with E-state index >= 15 is 0 Å². The van der Waals surface area contributed by atoms with Gasteiger partial charge in [-0.1, -0.05) is 33.8 Å². The number of primary amides is 1. The van der Waals surface area contributed by atoms with Crippen molar-refractivity contribution in [2.75, 3.05) is 24.3 Å². The minimum absolute atomic E-state index is 0.244. The molecule has 0 saturated heterocycles. The van der Waals surface area contributed by atoms with E-state index in [-0.39, 0.29) is 22.4 Å². The number of aromatic nitrogens is 1. The third kappa shape index (κ3) is 8.60. The van der Waals surface area contributed by atoms with Crippen LogP contribution in [0.4, 0.5) is 11.4 Å². The van der Waals surface area contributed by atoms with Crippen LogP contribution in [0.2, 0.25) is 0 Å². The van der Waals surface area contributed by atoms with E-state index in [1.54, 1.807) is 56.4 Å². The quantitative estimate of drug-likeness (QED) is 0.276. The first-order chi connectivity index (χ1) is 19.4. The monoisotopic (exact) mass is 555 g/mol. The van der Waals surface area contributed by atoms with E-state index in [0.29, 0.717) is 35.0 Å². The van der Waals surface area contributed by atoms with Gasteiger partial charge in [0, 0.05) is 23.9 Å². The second kappa shape index (κ2) is 13.5. The maximum Gasteiger partial charge on any atom is 0.257 e. The highest BCUT2D eigenvalue weighted by Gasteiger charge is 2.20. The first kappa shape index (κ1) is 30.7. The number of pyridine rings is 1. The molecule has 3 amide bonds. The minimum atomic E-state index is -0.621. The molecule has 3 aromatic rings. The molecule has 4 N–H and O–H groups in total. The van der Waals surface area contributed by atoms with Gasteiger partial charge in [-0.15, -0.1) is 0 Å². The summed E-state index contributed by atoms with van der Waals surface area (Å²) in [6.45, 7) is 10.0. The molecule has 0 radical (unpaired) electrons. The molecule has 214 valence electrons. The molecule has 0 aliphatic carbocycles. The zero-order valence-corrected chi connectivity index (χ0v) is 24.4. The number of carbonyl (C=O) groups is 3. The number of allylic oxidation sites excluding steroid dienone is 1. The number of amides is 3. The summed E-state index contributed by atoms with van der Waals surface area (Å²) >= 11 is 0. The number of carbonyl (C=O) groups excluding carboxylic acids is 3. The molecule has 41 heavy (non-hydrogen) atoms. The first-order valence-electron chi connectivity index (χ1n) is 13.3. The molecule has 1 heterocycles. The Labute approximate surface area is 240 Å². The summed E-state index contributed by atoms with van der Waals surface area (Å²) in [5.41, 5.74) is 9.05. The SMILES string of the molecule is CC/C=C\C(COc1ccc(NC(=O)c2cc(NC(=O)c3cc(C(N)=O)cc(C(C)(C)C)c3)cnc2C)cc1)=NC. The van der Waals surface area contributed by atoms with Crippen molar-refractivity contribution in [2.45, 2.75) is 46.5 Å². The number of hydrogen-bond acceptors (Lipinski definition) is 6. The van der Waals surface area contributed by atoms with Gasteiger partial charge in [-0.3, -0.25) is 24.4 Å². The van der Waals surface area contributed by atoms with Gasteiger partial charge >= 0.3 is 0 Å². The van der Waals surface area contributed by atoms with Crippen molar-refractivity contribution in [1.82, 2.24) is 4.98 Å². The highest BCUT2D eigenvalue weighted by Crippen LogP contribution is 2.25. The minimum Gasteiger partial charge on any atom is -0.487 e. The van der Waals surface area contributed by atoms with Gasteiger partial charge in [-0.25, -0.2) is 0 Å². The Morgan fingerprint density at radius 2 is 1.63 bits per heavy atom. The molecule has 0 aliphatic rings. The topological polar surface area (TPSA) is 136 Å². The Morgan fingerprint density at radius 3 is 2.24 bits per heavy atom. The molecule has 0 spiro atoms. The molecule has 0 atom stereocenters. The molecule has 9 nitrogen and oxygen atoms in total. The molecule has 0 fully saturated rings. The number of nitrogens with zero attached hydrogens (tertiary/aromatic N) is 2. The molecule has 0 bridgehead atoms. The summed E-state index contributed by atoms with van der Waals surface area (Å²) < 4.78 is 5.78. The number of anilines is 2. The normalized spacial score (nSPS) is 11.8. The maximum absolute atomic E-state index is 13.1. The third-order valence-electron chi connectivity index (χ3n) is 6.27. The standard InChI is InChI=1S/C32H37N5O4/c1-7-8-9-25(34-6)19-41-27-12-10-24(11-13-27)36-31(40)28-17-26(18-35-20(28)2)37-30(39)22-14-21(29(33)38)15-23(16-22)32(3,4)5/h8-18H,7,19H2,1-6H3,(H2,33,38)(H,36,40)(H,37,39)/b9-8-,34-25?. The van der Waals surface area contributed by atoms with E-state index in [2.05, 4.69) is 27.5 Å². The smallest absolute Gasteiger partial charge is 0.257 e. The van der Waals surface area contributed by atoms with Gasteiger partial charge in [-0.05, 0) is 78.9 Å². The molecule has 2 aromatic carbocycles. The summed E-state index contributed by atoms with van der Waals surface area (Å²) in [5, 5.41) is 5.63. The molecule has 0 saturated carbocycles. The molecule has 1 aromatic heterocycles. The first-order valence-corrected chi connectivity index (χ1v) is 13.3. The van der Waals surface area contributed by atoms with Gasteiger partial charge in [0.05, 0.1) is 28.9 Å². The highest BCUT2D eigenvalue weighted by atomic mass is 16.5. The van der Waals surface area contributed by atoms with Crippen LogP contribution in [0.1, 0.15) is 76.4 Å². The summed E-state index contributed by atoms with van der Waals surface area (Å²) in [4.78, 5) is 46.6. The molecule has 0 unspecified atom stereocenters. The van der Waals surface area contributed by atoms with Crippen molar-refractivity contribution in [1.29, 1.82) is 0 Å². The van der Waals surface area contributed by atoms with Crippen LogP contribution in [-0.2, 0) is 5.41 Å². The van der Waals surface area contributed by atoms with E-state index in [1.807, 2.05) is 32.9 Å². The van der Waals surface area contributed by atoms with Crippen LogP contribution in [0.15, 0.2) is 71.9 Å². The van der Waals surface area contributed by atoms with Crippen molar-refractivity contribution in [3.05, 3.63) is 94.8 Å². The van der Waals surface area contributed by atoms with Gasteiger partial charge in [-0.2, -0.15) is 0 Å². The van der Waals surface area contributed by atoms with E-state index in [4.69, 9.17) is 10.5 Å². The number of rotatable bonds is 10. The average molecular weight is 556 g/mol. The highest BCUT2D eigenvalue weighted by molar-refractivity contribution is 6.08. The third-order valence-corrected chi connectivity index (χ3v) is 6.27. The lowest BCUT2D eigenvalue weighted by molar-refractivity contribution is 0.0997. The molecule has 9 heteroatoms. The van der Waals surface area contributed by atoms with Crippen LogP contribution in [0.25, 0.3) is 0 Å². The number of nitrogens with two attached hydrogens (primary N) is 1. The van der Waals surface area contributed by atoms with E-state index in [9.17, 15) is 14.4 Å². The predicted molar refractivity (Wildman–Crippen MR) is 163 cm³/mol. The van der Waals surface area contributed by atoms with Crippen molar-refractivity contribution in [3.63, 3.8) is 0 Å². The maximum atomic E-state index is 13.1. The Kier molecular flexibility index (Phi) is 10.1. The van der Waals surface area contributed by atoms with Gasteiger partial charge in [0.15, 0.2) is 0 Å². The second-order valence-electron chi connectivity index (χ2n) is 10.5. The van der Waals surface area contributed by atoms with Gasteiger partial charge < -0.3 is 21.1 Å². The second-order valence-corrected chi connectivity index (χ2v) is 10.5. The lowest BCUT2D eigenvalue weighted by Gasteiger charge is -2.20. The molecular formula is C32H37N5O4. The largest absolute Gasteiger partial charge is 0.487 e. The van der Waals surface area contributed by atoms with Crippen LogP contribution < -0.4 is 21.1 Å². The summed E-state index contributed by atoms with van der Waals surface area (Å²) in [6.07, 6.45) is 6.35. The fourth-order valence-corrected chi connectivity index (χ4v) is 3.80. The number of nitrogens with one attached hydrogen (secondary N) is 2. The lowest BCUT2D eigenvalue weighted by Crippen LogP contribution is -2.20. The van der Waals surface area contributed by atoms with Crippen LogP contribution in [0, 0.1) is 6.92 Å². The summed E-state index contributed by atoms with van der Waals surface area (Å²) in [6, 6.07) is 13.4. The summed E-state index contributed by atoms with van der Waals surface area (Å²) in [7, 11) is 1.72. The van der Waals surface area contributed by atoms with Gasteiger partial charge in [0.2, 0.25) is 5.91 Å². The number of aryl methyl sites for hydroxylation is 1. The van der Waals surface area contributed by atoms with Crippen LogP contribution >= 0.6 is 0 Å². The van der Waals surface area contributed by atoms with Crippen molar-refractivity contribution >= 4 is 34.8 Å². The number of benzene rings is 2. The number of hydrogen-bond donors (Lipinski definition) is 3. The Balaban J connectivity index is 1.72. The Hall–Kier alpha value is -4.79. The number of aliphatic imine (C=N–C) groups is 1. The fraction of sp³-hybridized carbons (Fsp3) is 0.281. The zero-order chi connectivity index (χ0) is 30.2. The van der Waals surface area contributed by atoms with Crippen LogP contribution in [-0.4, -0.2) is 42.1 Å². The lowest BCUT2D eigenvalue weighted by atomic mass is 9.85.